The summed E-state index contributed by atoms with van der Waals surface area (Å²) in [6, 6.07) is 13.2. The van der Waals surface area contributed by atoms with E-state index in [9.17, 15) is 4.79 Å². The van der Waals surface area contributed by atoms with E-state index in [1.807, 2.05) is 24.3 Å². The molecule has 1 aliphatic heterocycles. The van der Waals surface area contributed by atoms with Crippen molar-refractivity contribution in [3.63, 3.8) is 0 Å². The Bertz CT molecular complexity index is 792. The highest BCUT2D eigenvalue weighted by Gasteiger charge is 2.30. The minimum absolute atomic E-state index is 0.118. The summed E-state index contributed by atoms with van der Waals surface area (Å²) in [5.41, 5.74) is 2.51. The molecule has 1 heterocycles. The number of fused-ring (bicyclic) bond motifs is 1. The number of rotatable bonds is 4. The zero-order valence-corrected chi connectivity index (χ0v) is 15.4. The molecule has 2 aromatic rings. The normalized spacial score (nSPS) is 15.1. The van der Waals surface area contributed by atoms with E-state index in [-0.39, 0.29) is 18.0 Å². The maximum atomic E-state index is 12.6. The Morgan fingerprint density at radius 1 is 1.32 bits per heavy atom. The first-order chi connectivity index (χ1) is 11.9. The third-order valence-electron chi connectivity index (χ3n) is 4.07. The summed E-state index contributed by atoms with van der Waals surface area (Å²) in [7, 11) is 1.56. The Hall–Kier alpha value is -2.40. The van der Waals surface area contributed by atoms with Crippen LogP contribution in [-0.4, -0.2) is 31.6 Å². The molecule has 0 saturated heterocycles. The van der Waals surface area contributed by atoms with Crippen molar-refractivity contribution in [2.24, 2.45) is 0 Å². The number of nitrogens with one attached hydrogen (secondary N) is 2. The molecule has 6 heteroatoms. The van der Waals surface area contributed by atoms with Crippen molar-refractivity contribution in [3.05, 3.63) is 47.5 Å². The fraction of sp³-hybridized carbons (Fsp3) is 0.316. The van der Waals surface area contributed by atoms with Crippen LogP contribution in [0.15, 0.2) is 42.5 Å². The van der Waals surface area contributed by atoms with Crippen molar-refractivity contribution in [2.45, 2.75) is 19.4 Å². The number of carbonyl (C=O) groups is 1. The summed E-state index contributed by atoms with van der Waals surface area (Å²) < 4.78 is 5.28. The molecule has 2 N–H and O–H groups in total. The monoisotopic (exact) mass is 359 g/mol. The first-order valence-electron chi connectivity index (χ1n) is 8.13. The van der Waals surface area contributed by atoms with Crippen molar-refractivity contribution in [1.29, 1.82) is 0 Å². The zero-order chi connectivity index (χ0) is 18.0. The summed E-state index contributed by atoms with van der Waals surface area (Å²) >= 11 is 6.03. The number of hydrogen-bond donors (Lipinski definition) is 2. The average molecular weight is 360 g/mol. The zero-order valence-electron chi connectivity index (χ0n) is 14.6. The molecule has 0 aliphatic carbocycles. The Morgan fingerprint density at radius 2 is 2.08 bits per heavy atom. The van der Waals surface area contributed by atoms with Gasteiger partial charge in [-0.05, 0) is 44.2 Å². The van der Waals surface area contributed by atoms with Crippen LogP contribution in [0.2, 0.25) is 5.02 Å². The fourth-order valence-corrected chi connectivity index (χ4v) is 3.28. The lowest BCUT2D eigenvalue weighted by molar-refractivity contribution is -0.115. The number of benzene rings is 2. The number of hydrogen-bond acceptors (Lipinski definition) is 4. The smallest absolute Gasteiger partial charge is 0.243 e. The first kappa shape index (κ1) is 17.4. The minimum Gasteiger partial charge on any atom is -0.495 e. The van der Waals surface area contributed by atoms with Crippen LogP contribution in [0.5, 0.6) is 5.75 Å². The van der Waals surface area contributed by atoms with Gasteiger partial charge >= 0.3 is 0 Å². The number of carbonyl (C=O) groups excluding carboxylic acids is 1. The molecular weight excluding hydrogens is 338 g/mol. The van der Waals surface area contributed by atoms with Gasteiger partial charge in [-0.3, -0.25) is 4.79 Å². The van der Waals surface area contributed by atoms with Crippen LogP contribution >= 0.6 is 11.6 Å². The summed E-state index contributed by atoms with van der Waals surface area (Å²) in [6.45, 7) is 5.21. The quantitative estimate of drug-likeness (QED) is 0.866. The van der Waals surface area contributed by atoms with Crippen LogP contribution < -0.4 is 20.3 Å². The lowest BCUT2D eigenvalue weighted by atomic mass is 9.99. The second-order valence-corrected chi connectivity index (χ2v) is 7.21. The molecule has 0 fully saturated rings. The van der Waals surface area contributed by atoms with Gasteiger partial charge in [0, 0.05) is 17.1 Å². The molecule has 0 saturated carbocycles. The van der Waals surface area contributed by atoms with Crippen molar-refractivity contribution in [1.82, 2.24) is 0 Å². The van der Waals surface area contributed by atoms with Crippen molar-refractivity contribution >= 4 is 34.6 Å². The number of ether oxygens (including phenoxy) is 1. The van der Waals surface area contributed by atoms with Gasteiger partial charge in [-0.25, -0.2) is 0 Å². The van der Waals surface area contributed by atoms with Gasteiger partial charge in [0.15, 0.2) is 0 Å². The van der Waals surface area contributed by atoms with Crippen LogP contribution in [0.3, 0.4) is 0 Å². The molecule has 0 unspecified atom stereocenters. The SMILES string of the molecule is COc1ccc(Cl)cc1NC(=O)CN1CC(C)(C)Nc2ccccc21. The maximum absolute atomic E-state index is 12.6. The van der Waals surface area contributed by atoms with Gasteiger partial charge in [-0.15, -0.1) is 0 Å². The van der Waals surface area contributed by atoms with Crippen LogP contribution in [0.4, 0.5) is 17.1 Å². The van der Waals surface area contributed by atoms with Gasteiger partial charge in [0.1, 0.15) is 5.75 Å². The Morgan fingerprint density at radius 3 is 2.84 bits per heavy atom. The molecule has 0 aromatic heterocycles. The Kier molecular flexibility index (Phi) is 4.77. The summed E-state index contributed by atoms with van der Waals surface area (Å²) in [4.78, 5) is 14.7. The molecule has 1 aliphatic rings. The predicted molar refractivity (Wildman–Crippen MR) is 103 cm³/mol. The van der Waals surface area contributed by atoms with Crippen molar-refractivity contribution < 1.29 is 9.53 Å². The van der Waals surface area contributed by atoms with Crippen molar-refractivity contribution in [3.8, 4) is 5.75 Å². The van der Waals surface area contributed by atoms with Gasteiger partial charge in [0.2, 0.25) is 5.91 Å². The van der Waals surface area contributed by atoms with E-state index in [4.69, 9.17) is 16.3 Å². The van der Waals surface area contributed by atoms with Crippen LogP contribution in [0.1, 0.15) is 13.8 Å². The molecule has 132 valence electrons. The van der Waals surface area contributed by atoms with Crippen molar-refractivity contribution in [2.75, 3.05) is 35.7 Å². The van der Waals surface area contributed by atoms with Crippen LogP contribution in [0, 0.1) is 0 Å². The molecule has 2 aromatic carbocycles. The summed E-state index contributed by atoms with van der Waals surface area (Å²) in [5.74, 6) is 0.465. The number of anilines is 3. The largest absolute Gasteiger partial charge is 0.495 e. The second kappa shape index (κ2) is 6.84. The molecule has 0 atom stereocenters. The third-order valence-corrected chi connectivity index (χ3v) is 4.31. The lowest BCUT2D eigenvalue weighted by Crippen LogP contribution is -2.50. The topological polar surface area (TPSA) is 53.6 Å². The highest BCUT2D eigenvalue weighted by Crippen LogP contribution is 2.34. The summed E-state index contributed by atoms with van der Waals surface area (Å²) in [6.07, 6.45) is 0. The van der Waals surface area contributed by atoms with Gasteiger partial charge in [-0.1, -0.05) is 23.7 Å². The van der Waals surface area contributed by atoms with Gasteiger partial charge in [0.25, 0.3) is 0 Å². The van der Waals surface area contributed by atoms with E-state index < -0.39 is 0 Å². The summed E-state index contributed by atoms with van der Waals surface area (Å²) in [5, 5.41) is 6.95. The molecule has 0 bridgehead atoms. The van der Waals surface area contributed by atoms with E-state index in [2.05, 4.69) is 29.4 Å². The average Bonchev–Trinajstić information content (AvgIpc) is 2.54. The van der Waals surface area contributed by atoms with Gasteiger partial charge in [0.05, 0.1) is 30.7 Å². The van der Waals surface area contributed by atoms with E-state index >= 15 is 0 Å². The standard InChI is InChI=1S/C19H22ClN3O2/c1-19(2)12-23(16-7-5-4-6-14(16)22-19)11-18(24)21-15-10-13(20)8-9-17(15)25-3/h4-10,22H,11-12H2,1-3H3,(H,21,24). The third kappa shape index (κ3) is 3.99. The molecule has 5 nitrogen and oxygen atoms in total. The molecule has 1 amide bonds. The number of halogens is 1. The van der Waals surface area contributed by atoms with E-state index in [0.29, 0.717) is 16.5 Å². The minimum atomic E-state index is -0.123. The first-order valence-corrected chi connectivity index (χ1v) is 8.51. The lowest BCUT2D eigenvalue weighted by Gasteiger charge is -2.41. The number of nitrogens with zero attached hydrogens (tertiary/aromatic N) is 1. The molecule has 0 radical (unpaired) electrons. The number of para-hydroxylation sites is 2. The van der Waals surface area contributed by atoms with Crippen LogP contribution in [0.25, 0.3) is 0 Å². The highest BCUT2D eigenvalue weighted by atomic mass is 35.5. The van der Waals surface area contributed by atoms with Gasteiger partial charge in [-0.2, -0.15) is 0 Å². The number of methoxy groups -OCH3 is 1. The van der Waals surface area contributed by atoms with E-state index in [1.165, 1.54) is 0 Å². The second-order valence-electron chi connectivity index (χ2n) is 6.77. The highest BCUT2D eigenvalue weighted by molar-refractivity contribution is 6.31. The predicted octanol–water partition coefficient (Wildman–Crippen LogP) is 4.00. The molecule has 25 heavy (non-hydrogen) atoms. The molecule has 0 spiro atoms. The van der Waals surface area contributed by atoms with E-state index in [0.717, 1.165) is 17.9 Å². The fourth-order valence-electron chi connectivity index (χ4n) is 3.10. The maximum Gasteiger partial charge on any atom is 0.243 e. The van der Waals surface area contributed by atoms with E-state index in [1.54, 1.807) is 25.3 Å². The molecule has 3 rings (SSSR count). The number of amides is 1. The Balaban J connectivity index is 1.78. The van der Waals surface area contributed by atoms with Gasteiger partial charge < -0.3 is 20.3 Å². The Labute approximate surface area is 152 Å². The molecular formula is C19H22ClN3O2. The van der Waals surface area contributed by atoms with Crippen LogP contribution in [-0.2, 0) is 4.79 Å².